The Kier molecular flexibility index (Phi) is 7.01. The average Bonchev–Trinajstić information content (AvgIpc) is 2.81. The van der Waals surface area contributed by atoms with Crippen LogP contribution in [-0.4, -0.2) is 39.0 Å². The van der Waals surface area contributed by atoms with Crippen LogP contribution < -0.4 is 5.32 Å². The first-order valence-corrected chi connectivity index (χ1v) is 6.67. The van der Waals surface area contributed by atoms with E-state index in [4.69, 9.17) is 9.47 Å². The maximum absolute atomic E-state index is 5.64. The van der Waals surface area contributed by atoms with E-state index in [0.717, 1.165) is 26.2 Å². The van der Waals surface area contributed by atoms with Crippen LogP contribution >= 0.6 is 0 Å². The maximum Gasteiger partial charge on any atom is 0.0727 e. The van der Waals surface area contributed by atoms with Crippen molar-refractivity contribution in [3.63, 3.8) is 0 Å². The molecule has 3 nitrogen and oxygen atoms in total. The summed E-state index contributed by atoms with van der Waals surface area (Å²) in [7, 11) is 1.83. The third kappa shape index (κ3) is 4.04. The number of hydrogen-bond acceptors (Lipinski definition) is 3. The zero-order valence-corrected chi connectivity index (χ0v) is 11.0. The second kappa shape index (κ2) is 8.04. The highest BCUT2D eigenvalue weighted by molar-refractivity contribution is 4.85. The predicted molar refractivity (Wildman–Crippen MR) is 66.7 cm³/mol. The summed E-state index contributed by atoms with van der Waals surface area (Å²) in [4.78, 5) is 0. The van der Waals surface area contributed by atoms with Crippen molar-refractivity contribution in [3.05, 3.63) is 0 Å². The number of rotatable bonds is 8. The van der Waals surface area contributed by atoms with Crippen LogP contribution in [0.3, 0.4) is 0 Å². The van der Waals surface area contributed by atoms with Gasteiger partial charge in [0.15, 0.2) is 0 Å². The Bertz CT molecular complexity index is 169. The standard InChI is InChI=1S/C13H27NO2/c1-4-6-12(15-3)13(14-8-5-2)11-7-9-16-10-11/h11-14H,4-10H2,1-3H3. The molecular formula is C13H27NO2. The van der Waals surface area contributed by atoms with Crippen molar-refractivity contribution < 1.29 is 9.47 Å². The monoisotopic (exact) mass is 229 g/mol. The van der Waals surface area contributed by atoms with Crippen LogP contribution in [0.4, 0.5) is 0 Å². The average molecular weight is 229 g/mol. The molecule has 1 N–H and O–H groups in total. The molecule has 0 spiro atoms. The lowest BCUT2D eigenvalue weighted by atomic mass is 9.91. The van der Waals surface area contributed by atoms with Crippen molar-refractivity contribution in [1.29, 1.82) is 0 Å². The van der Waals surface area contributed by atoms with Gasteiger partial charge in [0.25, 0.3) is 0 Å². The third-order valence-corrected chi connectivity index (χ3v) is 3.38. The van der Waals surface area contributed by atoms with Gasteiger partial charge in [0.1, 0.15) is 0 Å². The maximum atomic E-state index is 5.64. The Morgan fingerprint density at radius 2 is 2.19 bits per heavy atom. The SMILES string of the molecule is CCCNC(C1CCOC1)C(CCC)OC. The Hall–Kier alpha value is -0.120. The summed E-state index contributed by atoms with van der Waals surface area (Å²) in [6.07, 6.45) is 4.99. The first-order chi connectivity index (χ1) is 7.83. The van der Waals surface area contributed by atoms with E-state index in [0.29, 0.717) is 18.1 Å². The second-order valence-electron chi connectivity index (χ2n) is 4.67. The molecule has 1 rings (SSSR count). The molecule has 0 aromatic carbocycles. The molecule has 16 heavy (non-hydrogen) atoms. The van der Waals surface area contributed by atoms with Crippen molar-refractivity contribution in [3.8, 4) is 0 Å². The molecule has 96 valence electrons. The molecule has 1 saturated heterocycles. The molecule has 1 aliphatic rings. The molecule has 0 amide bonds. The zero-order valence-electron chi connectivity index (χ0n) is 11.0. The molecule has 0 aromatic rings. The normalized spacial score (nSPS) is 24.6. The van der Waals surface area contributed by atoms with Crippen molar-refractivity contribution in [2.75, 3.05) is 26.9 Å². The largest absolute Gasteiger partial charge is 0.381 e. The minimum atomic E-state index is 0.336. The van der Waals surface area contributed by atoms with Crippen LogP contribution in [0, 0.1) is 5.92 Å². The smallest absolute Gasteiger partial charge is 0.0727 e. The van der Waals surface area contributed by atoms with Gasteiger partial charge in [-0.2, -0.15) is 0 Å². The summed E-state index contributed by atoms with van der Waals surface area (Å²) < 4.78 is 11.1. The summed E-state index contributed by atoms with van der Waals surface area (Å²) in [5.41, 5.74) is 0. The molecule has 1 aliphatic heterocycles. The molecular weight excluding hydrogens is 202 g/mol. The second-order valence-corrected chi connectivity index (χ2v) is 4.67. The zero-order chi connectivity index (χ0) is 11.8. The summed E-state index contributed by atoms with van der Waals surface area (Å²) in [6, 6.07) is 0.465. The van der Waals surface area contributed by atoms with Gasteiger partial charge in [-0.05, 0) is 25.8 Å². The molecule has 1 fully saturated rings. The van der Waals surface area contributed by atoms with Gasteiger partial charge in [-0.25, -0.2) is 0 Å². The van der Waals surface area contributed by atoms with Crippen molar-refractivity contribution in [1.82, 2.24) is 5.32 Å². The highest BCUT2D eigenvalue weighted by atomic mass is 16.5. The van der Waals surface area contributed by atoms with Crippen LogP contribution in [-0.2, 0) is 9.47 Å². The van der Waals surface area contributed by atoms with Crippen LogP contribution in [0.25, 0.3) is 0 Å². The topological polar surface area (TPSA) is 30.5 Å². The number of nitrogens with one attached hydrogen (secondary N) is 1. The van der Waals surface area contributed by atoms with Gasteiger partial charge in [0.2, 0.25) is 0 Å². The number of methoxy groups -OCH3 is 1. The van der Waals surface area contributed by atoms with E-state index in [-0.39, 0.29) is 0 Å². The fraction of sp³-hybridized carbons (Fsp3) is 1.00. The highest BCUT2D eigenvalue weighted by Gasteiger charge is 2.31. The molecule has 0 aliphatic carbocycles. The first kappa shape index (κ1) is 13.9. The van der Waals surface area contributed by atoms with Crippen molar-refractivity contribution >= 4 is 0 Å². The van der Waals surface area contributed by atoms with Crippen LogP contribution in [0.5, 0.6) is 0 Å². The summed E-state index contributed by atoms with van der Waals surface area (Å²) >= 11 is 0. The summed E-state index contributed by atoms with van der Waals surface area (Å²) in [5, 5.41) is 3.64. The Morgan fingerprint density at radius 1 is 1.38 bits per heavy atom. The third-order valence-electron chi connectivity index (χ3n) is 3.38. The Balaban J connectivity index is 2.52. The summed E-state index contributed by atoms with van der Waals surface area (Å²) in [6.45, 7) is 7.30. The Labute approximate surface area is 99.9 Å². The van der Waals surface area contributed by atoms with Gasteiger partial charge in [-0.15, -0.1) is 0 Å². The minimum absolute atomic E-state index is 0.336. The van der Waals surface area contributed by atoms with Crippen LogP contribution in [0.15, 0.2) is 0 Å². The van der Waals surface area contributed by atoms with Gasteiger partial charge in [-0.3, -0.25) is 0 Å². The molecule has 3 unspecified atom stereocenters. The van der Waals surface area contributed by atoms with Crippen LogP contribution in [0.2, 0.25) is 0 Å². The summed E-state index contributed by atoms with van der Waals surface area (Å²) in [5.74, 6) is 0.628. The van der Waals surface area contributed by atoms with E-state index in [1.54, 1.807) is 0 Å². The van der Waals surface area contributed by atoms with Gasteiger partial charge >= 0.3 is 0 Å². The first-order valence-electron chi connectivity index (χ1n) is 6.67. The van der Waals surface area contributed by atoms with Gasteiger partial charge in [0, 0.05) is 25.7 Å². The van der Waals surface area contributed by atoms with Crippen molar-refractivity contribution in [2.24, 2.45) is 5.92 Å². The van der Waals surface area contributed by atoms with E-state index in [2.05, 4.69) is 19.2 Å². The molecule has 3 atom stereocenters. The molecule has 0 saturated carbocycles. The lowest BCUT2D eigenvalue weighted by Gasteiger charge is -2.31. The molecule has 0 bridgehead atoms. The number of ether oxygens (including phenoxy) is 2. The molecule has 0 radical (unpaired) electrons. The minimum Gasteiger partial charge on any atom is -0.381 e. The van der Waals surface area contributed by atoms with E-state index in [1.807, 2.05) is 7.11 Å². The lowest BCUT2D eigenvalue weighted by molar-refractivity contribution is 0.0374. The van der Waals surface area contributed by atoms with Crippen LogP contribution in [0.1, 0.15) is 39.5 Å². The van der Waals surface area contributed by atoms with Gasteiger partial charge < -0.3 is 14.8 Å². The highest BCUT2D eigenvalue weighted by Crippen LogP contribution is 2.22. The van der Waals surface area contributed by atoms with Gasteiger partial charge in [0.05, 0.1) is 12.7 Å². The quantitative estimate of drug-likeness (QED) is 0.692. The predicted octanol–water partition coefficient (Wildman–Crippen LogP) is 2.21. The lowest BCUT2D eigenvalue weighted by Crippen LogP contribution is -2.47. The Morgan fingerprint density at radius 3 is 2.69 bits per heavy atom. The fourth-order valence-corrected chi connectivity index (χ4v) is 2.48. The van der Waals surface area contributed by atoms with Gasteiger partial charge in [-0.1, -0.05) is 20.3 Å². The molecule has 1 heterocycles. The van der Waals surface area contributed by atoms with E-state index >= 15 is 0 Å². The van der Waals surface area contributed by atoms with E-state index in [9.17, 15) is 0 Å². The number of hydrogen-bond donors (Lipinski definition) is 1. The van der Waals surface area contributed by atoms with E-state index < -0.39 is 0 Å². The fourth-order valence-electron chi connectivity index (χ4n) is 2.48. The van der Waals surface area contributed by atoms with Crippen molar-refractivity contribution in [2.45, 2.75) is 51.7 Å². The molecule has 3 heteroatoms. The van der Waals surface area contributed by atoms with E-state index in [1.165, 1.54) is 19.3 Å². The molecule has 0 aromatic heterocycles.